The number of carbonyl (C=O) groups is 1. The van der Waals surface area contributed by atoms with Gasteiger partial charge in [-0.2, -0.15) is 24.9 Å². The average molecular weight is 333 g/mol. The van der Waals surface area contributed by atoms with Gasteiger partial charge in [0.1, 0.15) is 5.75 Å². The summed E-state index contributed by atoms with van der Waals surface area (Å²) in [5.41, 5.74) is 0.898. The molecule has 0 radical (unpaired) electrons. The summed E-state index contributed by atoms with van der Waals surface area (Å²) in [7, 11) is 1.43. The molecule has 122 valence electrons. The monoisotopic (exact) mass is 333 g/mol. The van der Waals surface area contributed by atoms with E-state index in [0.29, 0.717) is 18.1 Å². The summed E-state index contributed by atoms with van der Waals surface area (Å²) in [5, 5.41) is 1.97. The van der Waals surface area contributed by atoms with Crippen molar-refractivity contribution < 1.29 is 22.7 Å². The molecule has 1 amide bonds. The number of methoxy groups -OCH3 is 1. The number of amides is 1. The third kappa shape index (κ3) is 4.56. The number of hydrogen-bond acceptors (Lipinski definition) is 3. The number of alkyl halides is 3. The molecule has 0 spiro atoms. The van der Waals surface area contributed by atoms with Crippen molar-refractivity contribution >= 4 is 23.4 Å². The van der Waals surface area contributed by atoms with Gasteiger partial charge < -0.3 is 10.1 Å². The topological polar surface area (TPSA) is 38.3 Å². The van der Waals surface area contributed by atoms with Crippen LogP contribution in [0, 0.1) is 5.92 Å². The van der Waals surface area contributed by atoms with E-state index in [2.05, 4.69) is 0 Å². The minimum absolute atomic E-state index is 0.180. The van der Waals surface area contributed by atoms with Crippen LogP contribution in [0.25, 0.3) is 0 Å². The molecule has 0 saturated carbocycles. The first kappa shape index (κ1) is 17.0. The average Bonchev–Trinajstić information content (AvgIpc) is 2.49. The lowest BCUT2D eigenvalue weighted by Crippen LogP contribution is -2.30. The van der Waals surface area contributed by atoms with Crippen molar-refractivity contribution in [1.29, 1.82) is 0 Å². The number of ether oxygens (including phenoxy) is 1. The lowest BCUT2D eigenvalue weighted by atomic mass is 9.93. The largest absolute Gasteiger partial charge is 0.497 e. The Hall–Kier alpha value is -1.37. The maximum absolute atomic E-state index is 12.5. The molecule has 1 heterocycles. The van der Waals surface area contributed by atoms with E-state index >= 15 is 0 Å². The molecule has 0 unspecified atom stereocenters. The highest BCUT2D eigenvalue weighted by molar-refractivity contribution is 7.99. The first-order valence-electron chi connectivity index (χ1n) is 7.03. The Bertz CT molecular complexity index is 528. The van der Waals surface area contributed by atoms with Crippen LogP contribution in [0.1, 0.15) is 18.4 Å². The van der Waals surface area contributed by atoms with Crippen LogP contribution in [0.4, 0.5) is 18.9 Å². The second-order valence-corrected chi connectivity index (χ2v) is 6.46. The predicted octanol–water partition coefficient (Wildman–Crippen LogP) is 3.88. The molecule has 1 aromatic rings. The quantitative estimate of drug-likeness (QED) is 0.909. The molecule has 7 heteroatoms. The van der Waals surface area contributed by atoms with Gasteiger partial charge >= 0.3 is 12.1 Å². The Balaban J connectivity index is 2.18. The van der Waals surface area contributed by atoms with E-state index in [1.165, 1.54) is 13.2 Å². The lowest BCUT2D eigenvalue weighted by Gasteiger charge is -2.23. The number of rotatable bonds is 4. The van der Waals surface area contributed by atoms with E-state index in [4.69, 9.17) is 4.74 Å². The molecule has 0 aliphatic carbocycles. The highest BCUT2D eigenvalue weighted by Crippen LogP contribution is 2.31. The van der Waals surface area contributed by atoms with E-state index in [9.17, 15) is 18.0 Å². The van der Waals surface area contributed by atoms with Gasteiger partial charge in [-0.15, -0.1) is 0 Å². The van der Waals surface area contributed by atoms with Gasteiger partial charge in [0.05, 0.1) is 7.11 Å². The summed E-state index contributed by atoms with van der Waals surface area (Å²) < 4.78 is 42.4. The van der Waals surface area contributed by atoms with Crippen LogP contribution in [0.3, 0.4) is 0 Å². The Morgan fingerprint density at radius 1 is 1.36 bits per heavy atom. The number of thioether (sulfide) groups is 1. The fourth-order valence-electron chi connectivity index (χ4n) is 2.43. The van der Waals surface area contributed by atoms with E-state index < -0.39 is 12.1 Å². The minimum atomic E-state index is -4.90. The van der Waals surface area contributed by atoms with E-state index in [0.717, 1.165) is 29.9 Å². The minimum Gasteiger partial charge on any atom is -0.497 e. The fraction of sp³-hybridized carbons (Fsp3) is 0.533. The van der Waals surface area contributed by atoms with Gasteiger partial charge in [-0.05, 0) is 48.3 Å². The van der Waals surface area contributed by atoms with Crippen molar-refractivity contribution in [1.82, 2.24) is 0 Å². The third-order valence-electron chi connectivity index (χ3n) is 3.67. The Morgan fingerprint density at radius 3 is 2.64 bits per heavy atom. The predicted molar refractivity (Wildman–Crippen MR) is 81.4 cm³/mol. The summed E-state index contributed by atoms with van der Waals surface area (Å²) in [6, 6.07) is 4.87. The molecule has 1 aromatic carbocycles. The maximum atomic E-state index is 12.5. The number of carbonyl (C=O) groups excluding carboxylic acids is 1. The highest BCUT2D eigenvalue weighted by Gasteiger charge is 2.39. The Morgan fingerprint density at radius 2 is 2.05 bits per heavy atom. The standard InChI is InChI=1S/C15H18F3NO2S/c1-21-12-3-2-11(8-10-4-6-22-7-5-10)13(9-12)19-14(20)15(16,17)18/h2-3,9-10H,4-8H2,1H3,(H,19,20). The molecule has 1 N–H and O–H groups in total. The van der Waals surface area contributed by atoms with Crippen molar-refractivity contribution in [2.75, 3.05) is 23.9 Å². The smallest absolute Gasteiger partial charge is 0.471 e. The van der Waals surface area contributed by atoms with Crippen LogP contribution < -0.4 is 10.1 Å². The number of nitrogens with one attached hydrogen (secondary N) is 1. The molecular formula is C15H18F3NO2S. The summed E-state index contributed by atoms with van der Waals surface area (Å²) in [6.45, 7) is 0. The zero-order chi connectivity index (χ0) is 16.2. The normalized spacial score (nSPS) is 16.4. The number of benzene rings is 1. The molecule has 22 heavy (non-hydrogen) atoms. The zero-order valence-electron chi connectivity index (χ0n) is 12.2. The van der Waals surface area contributed by atoms with Crippen molar-refractivity contribution in [3.63, 3.8) is 0 Å². The second-order valence-electron chi connectivity index (χ2n) is 5.23. The van der Waals surface area contributed by atoms with E-state index in [-0.39, 0.29) is 5.69 Å². The van der Waals surface area contributed by atoms with Crippen LogP contribution in [0.15, 0.2) is 18.2 Å². The van der Waals surface area contributed by atoms with Crippen LogP contribution in [-0.2, 0) is 11.2 Å². The number of anilines is 1. The second kappa shape index (κ2) is 7.26. The summed E-state index contributed by atoms with van der Waals surface area (Å²) in [5.74, 6) is 1.05. The fourth-order valence-corrected chi connectivity index (χ4v) is 3.64. The third-order valence-corrected chi connectivity index (χ3v) is 4.72. The van der Waals surface area contributed by atoms with Crippen LogP contribution in [0.5, 0.6) is 5.75 Å². The van der Waals surface area contributed by atoms with Crippen molar-refractivity contribution in [2.24, 2.45) is 5.92 Å². The van der Waals surface area contributed by atoms with Gasteiger partial charge in [-0.3, -0.25) is 4.79 Å². The number of halogens is 3. The van der Waals surface area contributed by atoms with Gasteiger partial charge in [0.2, 0.25) is 0 Å². The maximum Gasteiger partial charge on any atom is 0.471 e. The molecule has 0 bridgehead atoms. The number of hydrogen-bond donors (Lipinski definition) is 1. The van der Waals surface area contributed by atoms with Gasteiger partial charge in [0.15, 0.2) is 0 Å². The summed E-state index contributed by atoms with van der Waals surface area (Å²) in [4.78, 5) is 11.2. The van der Waals surface area contributed by atoms with Gasteiger partial charge in [0, 0.05) is 11.8 Å². The molecule has 1 aliphatic rings. The summed E-state index contributed by atoms with van der Waals surface area (Å²) >= 11 is 1.90. The molecule has 1 fully saturated rings. The van der Waals surface area contributed by atoms with Gasteiger partial charge in [0.25, 0.3) is 0 Å². The first-order valence-corrected chi connectivity index (χ1v) is 8.18. The van der Waals surface area contributed by atoms with E-state index in [1.54, 1.807) is 12.1 Å². The Kier molecular flexibility index (Phi) is 5.61. The van der Waals surface area contributed by atoms with Crippen LogP contribution in [-0.4, -0.2) is 30.7 Å². The van der Waals surface area contributed by atoms with Crippen LogP contribution in [0.2, 0.25) is 0 Å². The zero-order valence-corrected chi connectivity index (χ0v) is 13.0. The Labute approximate surface area is 131 Å². The lowest BCUT2D eigenvalue weighted by molar-refractivity contribution is -0.167. The van der Waals surface area contributed by atoms with Crippen molar-refractivity contribution in [3.05, 3.63) is 23.8 Å². The summed E-state index contributed by atoms with van der Waals surface area (Å²) in [6.07, 6.45) is -2.15. The molecule has 2 rings (SSSR count). The molecule has 1 saturated heterocycles. The molecule has 0 atom stereocenters. The van der Waals surface area contributed by atoms with Crippen LogP contribution >= 0.6 is 11.8 Å². The molecule has 3 nitrogen and oxygen atoms in total. The SMILES string of the molecule is COc1ccc(CC2CCSCC2)c(NC(=O)C(F)(F)F)c1. The molecule has 0 aromatic heterocycles. The highest BCUT2D eigenvalue weighted by atomic mass is 32.2. The molecular weight excluding hydrogens is 315 g/mol. The van der Waals surface area contributed by atoms with Gasteiger partial charge in [-0.1, -0.05) is 6.07 Å². The molecule has 1 aliphatic heterocycles. The van der Waals surface area contributed by atoms with Crippen molar-refractivity contribution in [2.45, 2.75) is 25.4 Å². The van der Waals surface area contributed by atoms with Crippen molar-refractivity contribution in [3.8, 4) is 5.75 Å². The first-order chi connectivity index (χ1) is 10.4. The van der Waals surface area contributed by atoms with E-state index in [1.807, 2.05) is 17.1 Å². The van der Waals surface area contributed by atoms with Gasteiger partial charge in [-0.25, -0.2) is 0 Å².